The van der Waals surface area contributed by atoms with E-state index >= 15 is 0 Å². The molecule has 0 rings (SSSR count). The molecule has 0 aliphatic carbocycles. The summed E-state index contributed by atoms with van der Waals surface area (Å²) in [4.78, 5) is 19.3. The molecule has 0 atom stereocenters. The van der Waals surface area contributed by atoms with Crippen LogP contribution in [0.1, 0.15) is 259 Å². The molecule has 8 nitrogen and oxygen atoms in total. The van der Waals surface area contributed by atoms with E-state index in [2.05, 4.69) is 27.7 Å². The first-order valence-corrected chi connectivity index (χ1v) is 26.5. The van der Waals surface area contributed by atoms with Crippen LogP contribution in [0.25, 0.3) is 0 Å². The summed E-state index contributed by atoms with van der Waals surface area (Å²) in [6, 6.07) is 0. The Morgan fingerprint density at radius 3 is 0.537 bits per heavy atom. The predicted octanol–water partition coefficient (Wildman–Crippen LogP) is 16.4. The van der Waals surface area contributed by atoms with E-state index in [-0.39, 0.29) is 0 Å². The molecule has 0 aliphatic heterocycles. The van der Waals surface area contributed by atoms with Gasteiger partial charge in [0.2, 0.25) is 0 Å². The fourth-order valence-electron chi connectivity index (χ4n) is 6.45. The maximum absolute atomic E-state index is 11.8. The summed E-state index contributed by atoms with van der Waals surface area (Å²) in [6.45, 7) is 10.2. The molecule has 0 heterocycles. The summed E-state index contributed by atoms with van der Waals surface area (Å²) < 4.78 is 43.8. The zero-order valence-electron chi connectivity index (χ0n) is 36.5. The van der Waals surface area contributed by atoms with Gasteiger partial charge in [-0.2, -0.15) is 0 Å². The van der Waals surface area contributed by atoms with Crippen LogP contribution < -0.4 is 0 Å². The summed E-state index contributed by atoms with van der Waals surface area (Å²) in [5.74, 6) is 0. The number of phosphoric acid groups is 2. The highest BCUT2D eigenvalue weighted by atomic mass is 31.2. The second kappa shape index (κ2) is 45.9. The van der Waals surface area contributed by atoms with Crippen LogP contribution in [-0.2, 0) is 27.2 Å². The Bertz CT molecular complexity index is 745. The molecule has 0 radical (unpaired) electrons. The van der Waals surface area contributed by atoms with Crippen LogP contribution in [0.5, 0.6) is 0 Å². The van der Waals surface area contributed by atoms with Gasteiger partial charge in [-0.15, -0.1) is 0 Å². The lowest BCUT2D eigenvalue weighted by Crippen LogP contribution is -1.99. The van der Waals surface area contributed by atoms with Gasteiger partial charge in [0.25, 0.3) is 0 Å². The fourth-order valence-corrected chi connectivity index (χ4v) is 8.03. The summed E-state index contributed by atoms with van der Waals surface area (Å²) in [5, 5.41) is 0. The zero-order valence-corrected chi connectivity index (χ0v) is 38.3. The van der Waals surface area contributed by atoms with Crippen LogP contribution in [0, 0.1) is 0 Å². The van der Waals surface area contributed by atoms with Crippen molar-refractivity contribution in [3.63, 3.8) is 0 Å². The van der Waals surface area contributed by atoms with Crippen molar-refractivity contribution in [2.24, 2.45) is 0 Å². The molecule has 2 N–H and O–H groups in total. The topological polar surface area (TPSA) is 112 Å². The van der Waals surface area contributed by atoms with Gasteiger partial charge in [0.05, 0.1) is 26.4 Å². The minimum Gasteiger partial charge on any atom is -0.302 e. The molecular formula is C44H94O8P2. The van der Waals surface area contributed by atoms with Gasteiger partial charge >= 0.3 is 15.6 Å². The average molecular weight is 813 g/mol. The predicted molar refractivity (Wildman–Crippen MR) is 232 cm³/mol. The summed E-state index contributed by atoms with van der Waals surface area (Å²) in [6.07, 6.45) is 43.9. The molecule has 0 aliphatic rings. The van der Waals surface area contributed by atoms with Crippen LogP contribution in [0.15, 0.2) is 0 Å². The van der Waals surface area contributed by atoms with Gasteiger partial charge in [-0.1, -0.05) is 233 Å². The van der Waals surface area contributed by atoms with Crippen LogP contribution >= 0.6 is 15.6 Å². The first-order valence-electron chi connectivity index (χ1n) is 23.5. The lowest BCUT2D eigenvalue weighted by atomic mass is 10.1. The third-order valence-corrected chi connectivity index (χ3v) is 12.0. The van der Waals surface area contributed by atoms with Crippen molar-refractivity contribution >= 4 is 15.6 Å². The summed E-state index contributed by atoms with van der Waals surface area (Å²) >= 11 is 0. The van der Waals surface area contributed by atoms with E-state index in [4.69, 9.17) is 18.1 Å². The van der Waals surface area contributed by atoms with Gasteiger partial charge in [0, 0.05) is 0 Å². The van der Waals surface area contributed by atoms with Crippen LogP contribution in [0.4, 0.5) is 0 Å². The van der Waals surface area contributed by atoms with E-state index in [1.165, 1.54) is 180 Å². The van der Waals surface area contributed by atoms with Crippen LogP contribution in [-0.4, -0.2) is 36.2 Å². The van der Waals surface area contributed by atoms with Gasteiger partial charge in [0.1, 0.15) is 0 Å². The average Bonchev–Trinajstić information content (AvgIpc) is 3.15. The van der Waals surface area contributed by atoms with Gasteiger partial charge in [-0.3, -0.25) is 18.1 Å². The minimum absolute atomic E-state index is 0.320. The molecule has 0 spiro atoms. The number of rotatable bonds is 44. The third-order valence-electron chi connectivity index (χ3n) is 10.0. The second-order valence-electron chi connectivity index (χ2n) is 15.6. The molecule has 0 saturated carbocycles. The van der Waals surface area contributed by atoms with Crippen molar-refractivity contribution in [1.29, 1.82) is 0 Å². The van der Waals surface area contributed by atoms with Crippen molar-refractivity contribution < 1.29 is 37.0 Å². The molecule has 0 saturated heterocycles. The van der Waals surface area contributed by atoms with Crippen molar-refractivity contribution in [2.45, 2.75) is 259 Å². The highest BCUT2D eigenvalue weighted by Crippen LogP contribution is 2.44. The Labute approximate surface area is 337 Å². The van der Waals surface area contributed by atoms with Crippen LogP contribution in [0.2, 0.25) is 0 Å². The van der Waals surface area contributed by atoms with E-state index in [1.54, 1.807) is 0 Å². The molecule has 0 bridgehead atoms. The lowest BCUT2D eigenvalue weighted by Gasteiger charge is -2.12. The van der Waals surface area contributed by atoms with E-state index in [0.717, 1.165) is 51.4 Å². The number of hydrogen-bond acceptors (Lipinski definition) is 6. The smallest absolute Gasteiger partial charge is 0.302 e. The molecular weight excluding hydrogens is 718 g/mol. The molecule has 0 unspecified atom stereocenters. The molecule has 328 valence electrons. The monoisotopic (exact) mass is 813 g/mol. The molecule has 0 fully saturated rings. The van der Waals surface area contributed by atoms with E-state index in [0.29, 0.717) is 26.4 Å². The largest absolute Gasteiger partial charge is 0.472 e. The first kappa shape index (κ1) is 56.3. The standard InChI is InChI=1S/C24H51O4P.C20H43O4P/c1-3-5-7-9-11-13-15-17-19-21-23-27-29(25,26)28-24-22-20-18-16-14-12-10-8-6-4-2;1-3-5-7-9-11-13-15-17-19-23-25(21,22)24-20-18-16-14-12-10-8-6-4-2/h3-24H2,1-2H3,(H,25,26);3-20H2,1-2H3,(H,21,22). The summed E-state index contributed by atoms with van der Waals surface area (Å²) in [7, 11) is -7.68. The number of phosphoric ester groups is 2. The Balaban J connectivity index is 0. The van der Waals surface area contributed by atoms with E-state index < -0.39 is 15.6 Å². The molecule has 0 aromatic carbocycles. The second-order valence-corrected chi connectivity index (χ2v) is 18.5. The van der Waals surface area contributed by atoms with E-state index in [9.17, 15) is 18.9 Å². The minimum atomic E-state index is -3.85. The quantitative estimate of drug-likeness (QED) is 0.0462. The molecule has 10 heteroatoms. The Hall–Kier alpha value is 0.220. The van der Waals surface area contributed by atoms with E-state index in [1.807, 2.05) is 0 Å². The Morgan fingerprint density at radius 1 is 0.259 bits per heavy atom. The van der Waals surface area contributed by atoms with Gasteiger partial charge in [0.15, 0.2) is 0 Å². The Morgan fingerprint density at radius 2 is 0.389 bits per heavy atom. The highest BCUT2D eigenvalue weighted by molar-refractivity contribution is 7.47. The lowest BCUT2D eigenvalue weighted by molar-refractivity contribution is 0.144. The maximum atomic E-state index is 11.8. The molecule has 0 aromatic heterocycles. The fraction of sp³-hybridized carbons (Fsp3) is 1.00. The van der Waals surface area contributed by atoms with Crippen molar-refractivity contribution in [3.05, 3.63) is 0 Å². The Kier molecular flexibility index (Phi) is 47.9. The zero-order chi connectivity index (χ0) is 40.1. The molecule has 54 heavy (non-hydrogen) atoms. The van der Waals surface area contributed by atoms with Crippen molar-refractivity contribution in [1.82, 2.24) is 0 Å². The van der Waals surface area contributed by atoms with Gasteiger partial charge in [-0.25, -0.2) is 9.13 Å². The maximum Gasteiger partial charge on any atom is 0.472 e. The highest BCUT2D eigenvalue weighted by Gasteiger charge is 2.20. The van der Waals surface area contributed by atoms with Gasteiger partial charge in [-0.05, 0) is 25.7 Å². The molecule has 0 amide bonds. The third kappa shape index (κ3) is 50.2. The van der Waals surface area contributed by atoms with Crippen molar-refractivity contribution in [2.75, 3.05) is 26.4 Å². The normalized spacial score (nSPS) is 12.0. The van der Waals surface area contributed by atoms with Gasteiger partial charge < -0.3 is 9.79 Å². The SMILES string of the molecule is CCCCCCCCCCCCOP(=O)(O)OCCCCCCCCCCCC.CCCCCCCCCCOP(=O)(O)OCCCCCCCCCC. The summed E-state index contributed by atoms with van der Waals surface area (Å²) in [5.41, 5.74) is 0. The first-order chi connectivity index (χ1) is 26.2. The number of hydrogen-bond donors (Lipinski definition) is 2. The number of unbranched alkanes of at least 4 members (excludes halogenated alkanes) is 32. The molecule has 0 aromatic rings. The van der Waals surface area contributed by atoms with Crippen molar-refractivity contribution in [3.8, 4) is 0 Å². The van der Waals surface area contributed by atoms with Crippen LogP contribution in [0.3, 0.4) is 0 Å².